The van der Waals surface area contributed by atoms with E-state index in [4.69, 9.17) is 9.47 Å². The van der Waals surface area contributed by atoms with E-state index in [1.54, 1.807) is 12.0 Å². The van der Waals surface area contributed by atoms with Crippen LogP contribution in [0.3, 0.4) is 0 Å². The van der Waals surface area contributed by atoms with Crippen molar-refractivity contribution in [2.24, 2.45) is 11.8 Å². The molecular formula is C40H43IN2O5. The second-order valence-electron chi connectivity index (χ2n) is 13.4. The maximum atomic E-state index is 14.9. The molecule has 0 unspecified atom stereocenters. The summed E-state index contributed by atoms with van der Waals surface area (Å²) in [5.41, 5.74) is 3.02. The van der Waals surface area contributed by atoms with Gasteiger partial charge in [0.1, 0.15) is 5.75 Å². The Bertz CT molecular complexity index is 1740. The molecule has 8 heteroatoms. The molecule has 1 N–H and O–H groups in total. The average Bonchev–Trinajstić information content (AvgIpc) is 3.52. The minimum Gasteiger partial charge on any atom is -0.497 e. The van der Waals surface area contributed by atoms with Crippen molar-refractivity contribution in [2.45, 2.75) is 57.4 Å². The third-order valence-corrected chi connectivity index (χ3v) is 11.0. The topological polar surface area (TPSA) is 79.3 Å². The van der Waals surface area contributed by atoms with Crippen LogP contribution >= 0.6 is 22.6 Å². The van der Waals surface area contributed by atoms with E-state index < -0.39 is 17.1 Å². The number of anilines is 1. The first-order chi connectivity index (χ1) is 23.1. The standard InChI is InChI=1S/C40H43IN2O5/c1-27-37(39(2,3)30-16-20-32(47-4)21-17-30)35(24-36(45)42(22-23-44)25-28-10-6-5-7-11-28)48-40(27)33-12-8-9-13-34(33)43(38(40)46)26-29-14-18-31(41)19-15-29/h5-21,27,35,37,44H,22-26H2,1-4H3/t27-,35+,37-,40+/m0/s1. The fraction of sp³-hybridized carbons (Fsp3) is 0.350. The van der Waals surface area contributed by atoms with Crippen molar-refractivity contribution < 1.29 is 24.2 Å². The van der Waals surface area contributed by atoms with E-state index in [0.717, 1.165) is 37.3 Å². The summed E-state index contributed by atoms with van der Waals surface area (Å²) in [6.07, 6.45) is -0.493. The number of amides is 2. The predicted molar refractivity (Wildman–Crippen MR) is 196 cm³/mol. The normalized spacial score (nSPS) is 21.8. The fourth-order valence-electron chi connectivity index (χ4n) is 7.91. The van der Waals surface area contributed by atoms with Crippen LogP contribution in [0.2, 0.25) is 0 Å². The summed E-state index contributed by atoms with van der Waals surface area (Å²) in [4.78, 5) is 32.6. The van der Waals surface area contributed by atoms with Crippen molar-refractivity contribution in [3.8, 4) is 5.75 Å². The molecule has 250 valence electrons. The van der Waals surface area contributed by atoms with Crippen LogP contribution in [0, 0.1) is 15.4 Å². The van der Waals surface area contributed by atoms with E-state index in [0.29, 0.717) is 13.1 Å². The van der Waals surface area contributed by atoms with Gasteiger partial charge in [-0.25, -0.2) is 0 Å². The number of benzene rings is 4. The van der Waals surface area contributed by atoms with Gasteiger partial charge in [0.05, 0.1) is 38.5 Å². The number of carbonyl (C=O) groups is 2. The number of ether oxygens (including phenoxy) is 2. The number of hydrogen-bond acceptors (Lipinski definition) is 5. The molecule has 7 nitrogen and oxygen atoms in total. The van der Waals surface area contributed by atoms with Gasteiger partial charge in [-0.15, -0.1) is 0 Å². The summed E-state index contributed by atoms with van der Waals surface area (Å²) < 4.78 is 13.7. The van der Waals surface area contributed by atoms with E-state index in [-0.39, 0.29) is 43.2 Å². The van der Waals surface area contributed by atoms with E-state index in [1.165, 1.54) is 0 Å². The number of fused-ring (bicyclic) bond motifs is 2. The molecule has 1 fully saturated rings. The first-order valence-electron chi connectivity index (χ1n) is 16.5. The smallest absolute Gasteiger partial charge is 0.264 e. The van der Waals surface area contributed by atoms with Gasteiger partial charge in [-0.05, 0) is 75.0 Å². The van der Waals surface area contributed by atoms with Crippen LogP contribution in [-0.4, -0.2) is 48.2 Å². The molecule has 0 bridgehead atoms. The number of nitrogens with zero attached hydrogens (tertiary/aromatic N) is 2. The van der Waals surface area contributed by atoms with Gasteiger partial charge in [-0.1, -0.05) is 93.6 Å². The predicted octanol–water partition coefficient (Wildman–Crippen LogP) is 7.08. The highest BCUT2D eigenvalue weighted by molar-refractivity contribution is 14.1. The van der Waals surface area contributed by atoms with Gasteiger partial charge in [0.15, 0.2) is 5.60 Å². The Labute approximate surface area is 297 Å². The molecule has 0 radical (unpaired) electrons. The highest BCUT2D eigenvalue weighted by atomic mass is 127. The number of aliphatic hydroxyl groups is 1. The number of aliphatic hydroxyl groups excluding tert-OH is 1. The molecule has 2 heterocycles. The van der Waals surface area contributed by atoms with Crippen LogP contribution in [0.15, 0.2) is 103 Å². The molecule has 4 aromatic rings. The van der Waals surface area contributed by atoms with Crippen molar-refractivity contribution in [3.63, 3.8) is 0 Å². The molecule has 2 amide bonds. The number of methoxy groups -OCH3 is 1. The first kappa shape index (κ1) is 34.1. The lowest BCUT2D eigenvalue weighted by Crippen LogP contribution is -2.45. The molecule has 1 spiro atoms. The van der Waals surface area contributed by atoms with E-state index in [1.807, 2.05) is 71.6 Å². The lowest BCUT2D eigenvalue weighted by atomic mass is 9.63. The van der Waals surface area contributed by atoms with Crippen LogP contribution in [0.4, 0.5) is 5.69 Å². The largest absolute Gasteiger partial charge is 0.497 e. The van der Waals surface area contributed by atoms with Gasteiger partial charge >= 0.3 is 0 Å². The molecule has 2 aliphatic heterocycles. The minimum absolute atomic E-state index is 0.0791. The van der Waals surface area contributed by atoms with E-state index in [9.17, 15) is 14.7 Å². The molecule has 0 aliphatic carbocycles. The van der Waals surface area contributed by atoms with Crippen molar-refractivity contribution >= 4 is 40.1 Å². The van der Waals surface area contributed by atoms with Crippen molar-refractivity contribution in [3.05, 3.63) is 129 Å². The summed E-state index contributed by atoms with van der Waals surface area (Å²) >= 11 is 2.29. The fourth-order valence-corrected chi connectivity index (χ4v) is 8.27. The van der Waals surface area contributed by atoms with Gasteiger partial charge < -0.3 is 24.4 Å². The Morgan fingerprint density at radius 1 is 0.958 bits per heavy atom. The van der Waals surface area contributed by atoms with Gasteiger partial charge in [-0.2, -0.15) is 0 Å². The number of rotatable bonds is 11. The highest BCUT2D eigenvalue weighted by Crippen LogP contribution is 2.60. The van der Waals surface area contributed by atoms with Crippen LogP contribution < -0.4 is 9.64 Å². The quantitative estimate of drug-likeness (QED) is 0.166. The SMILES string of the molecule is COc1ccc(C(C)(C)[C@@H]2[C@@H](CC(=O)N(CCO)Cc3ccccc3)O[C@]3(C(=O)N(Cc4ccc(I)cc4)c4ccccc43)[C@H]2C)cc1. The van der Waals surface area contributed by atoms with Crippen LogP contribution in [-0.2, 0) is 38.4 Å². The van der Waals surface area contributed by atoms with Crippen molar-refractivity contribution in [2.75, 3.05) is 25.2 Å². The van der Waals surface area contributed by atoms with E-state index in [2.05, 4.69) is 79.8 Å². The van der Waals surface area contributed by atoms with Crippen LogP contribution in [0.25, 0.3) is 0 Å². The van der Waals surface area contributed by atoms with Gasteiger partial charge in [0, 0.05) is 34.1 Å². The molecule has 2 aliphatic rings. The third-order valence-electron chi connectivity index (χ3n) is 10.3. The summed E-state index contributed by atoms with van der Waals surface area (Å²) in [6.45, 7) is 7.33. The molecular weight excluding hydrogens is 715 g/mol. The van der Waals surface area contributed by atoms with Gasteiger partial charge in [-0.3, -0.25) is 9.59 Å². The van der Waals surface area contributed by atoms with Crippen LogP contribution in [0.5, 0.6) is 5.75 Å². The Hall–Kier alpha value is -3.73. The molecule has 4 atom stereocenters. The Balaban J connectivity index is 1.40. The zero-order chi connectivity index (χ0) is 34.1. The lowest BCUT2D eigenvalue weighted by molar-refractivity contribution is -0.150. The van der Waals surface area contributed by atoms with Gasteiger partial charge in [0.25, 0.3) is 5.91 Å². The lowest BCUT2D eigenvalue weighted by Gasteiger charge is -2.39. The van der Waals surface area contributed by atoms with Gasteiger partial charge in [0.2, 0.25) is 5.91 Å². The maximum Gasteiger partial charge on any atom is 0.264 e. The Morgan fingerprint density at radius 3 is 2.29 bits per heavy atom. The molecule has 0 saturated carbocycles. The zero-order valence-corrected chi connectivity index (χ0v) is 30.1. The number of hydrogen-bond donors (Lipinski definition) is 1. The molecule has 1 saturated heterocycles. The van der Waals surface area contributed by atoms with Crippen molar-refractivity contribution in [1.82, 2.24) is 4.90 Å². The minimum atomic E-state index is -1.26. The average molecular weight is 759 g/mol. The monoisotopic (exact) mass is 758 g/mol. The second kappa shape index (κ2) is 14.0. The summed E-state index contributed by atoms with van der Waals surface area (Å²) in [5, 5.41) is 9.93. The number of carbonyl (C=O) groups excluding carboxylic acids is 2. The van der Waals surface area contributed by atoms with Crippen LogP contribution in [0.1, 0.15) is 49.4 Å². The molecule has 6 rings (SSSR count). The summed E-state index contributed by atoms with van der Waals surface area (Å²) in [6, 6.07) is 34.0. The second-order valence-corrected chi connectivity index (χ2v) is 14.7. The summed E-state index contributed by atoms with van der Waals surface area (Å²) in [5.74, 6) is 0.0602. The maximum absolute atomic E-state index is 14.9. The molecule has 4 aromatic carbocycles. The third kappa shape index (κ3) is 6.26. The number of para-hydroxylation sites is 1. The summed E-state index contributed by atoms with van der Waals surface area (Å²) in [7, 11) is 1.65. The highest BCUT2D eigenvalue weighted by Gasteiger charge is 2.66. The Morgan fingerprint density at radius 2 is 1.62 bits per heavy atom. The van der Waals surface area contributed by atoms with E-state index >= 15 is 0 Å². The molecule has 48 heavy (non-hydrogen) atoms. The zero-order valence-electron chi connectivity index (χ0n) is 27.9. The Kier molecular flexibility index (Phi) is 9.97. The van der Waals surface area contributed by atoms with Crippen molar-refractivity contribution in [1.29, 1.82) is 0 Å². The first-order valence-corrected chi connectivity index (χ1v) is 17.6. The number of halogens is 1. The molecule has 0 aromatic heterocycles.